The second-order valence-electron chi connectivity index (χ2n) is 4.97. The number of hydrogen-bond donors (Lipinski definition) is 1. The summed E-state index contributed by atoms with van der Waals surface area (Å²) >= 11 is 1.49. The molecule has 2 aromatic heterocycles. The van der Waals surface area contributed by atoms with Crippen molar-refractivity contribution in [2.75, 3.05) is 5.32 Å². The Morgan fingerprint density at radius 1 is 1.17 bits per heavy atom. The molecule has 0 aliphatic rings. The molecule has 3 aromatic rings. The van der Waals surface area contributed by atoms with Crippen LogP contribution in [0.1, 0.15) is 20.1 Å². The van der Waals surface area contributed by atoms with E-state index in [0.29, 0.717) is 22.2 Å². The van der Waals surface area contributed by atoms with Gasteiger partial charge in [0.2, 0.25) is 5.88 Å². The highest BCUT2D eigenvalue weighted by Gasteiger charge is 2.10. The van der Waals surface area contributed by atoms with Crippen LogP contribution in [0.25, 0.3) is 0 Å². The third kappa shape index (κ3) is 3.73. The standard InChI is InChI=1S/C17H15N3O2S/c1-11-9-15(23-12(11)2)17(21)20-13-3-5-14(6-4-13)22-16-10-18-7-8-19-16/h3-10H,1-2H3,(H,20,21). The number of nitrogens with one attached hydrogen (secondary N) is 1. The monoisotopic (exact) mass is 325 g/mol. The van der Waals surface area contributed by atoms with Crippen molar-refractivity contribution >= 4 is 22.9 Å². The van der Waals surface area contributed by atoms with Crippen molar-refractivity contribution in [2.45, 2.75) is 13.8 Å². The molecule has 116 valence electrons. The smallest absolute Gasteiger partial charge is 0.265 e. The van der Waals surface area contributed by atoms with Gasteiger partial charge >= 0.3 is 0 Å². The van der Waals surface area contributed by atoms with Crippen molar-refractivity contribution in [3.63, 3.8) is 0 Å². The van der Waals surface area contributed by atoms with Crippen LogP contribution in [0, 0.1) is 13.8 Å². The predicted octanol–water partition coefficient (Wildman–Crippen LogP) is 4.20. The minimum absolute atomic E-state index is 0.103. The van der Waals surface area contributed by atoms with Gasteiger partial charge in [-0.1, -0.05) is 0 Å². The first-order valence-electron chi connectivity index (χ1n) is 7.04. The van der Waals surface area contributed by atoms with Crippen LogP contribution in [0.15, 0.2) is 48.9 Å². The highest BCUT2D eigenvalue weighted by Crippen LogP contribution is 2.23. The van der Waals surface area contributed by atoms with Crippen LogP contribution in [0.2, 0.25) is 0 Å². The number of carbonyl (C=O) groups is 1. The molecular weight excluding hydrogens is 310 g/mol. The number of aromatic nitrogens is 2. The van der Waals surface area contributed by atoms with Crippen molar-refractivity contribution in [3.05, 3.63) is 64.2 Å². The number of rotatable bonds is 4. The van der Waals surface area contributed by atoms with E-state index in [1.54, 1.807) is 36.7 Å². The van der Waals surface area contributed by atoms with Gasteiger partial charge in [-0.3, -0.25) is 9.78 Å². The van der Waals surface area contributed by atoms with Crippen molar-refractivity contribution in [1.82, 2.24) is 9.97 Å². The van der Waals surface area contributed by atoms with Gasteiger partial charge in [0.25, 0.3) is 5.91 Å². The minimum Gasteiger partial charge on any atom is -0.438 e. The zero-order valence-electron chi connectivity index (χ0n) is 12.7. The molecule has 6 heteroatoms. The van der Waals surface area contributed by atoms with Crippen LogP contribution in [-0.4, -0.2) is 15.9 Å². The SMILES string of the molecule is Cc1cc(C(=O)Nc2ccc(Oc3cnccn3)cc2)sc1C. The van der Waals surface area contributed by atoms with E-state index < -0.39 is 0 Å². The molecule has 0 radical (unpaired) electrons. The van der Waals surface area contributed by atoms with Crippen LogP contribution in [0.3, 0.4) is 0 Å². The highest BCUT2D eigenvalue weighted by atomic mass is 32.1. The van der Waals surface area contributed by atoms with Crippen molar-refractivity contribution in [1.29, 1.82) is 0 Å². The summed E-state index contributed by atoms with van der Waals surface area (Å²) in [6.07, 6.45) is 4.69. The first kappa shape index (κ1) is 15.2. The molecule has 0 atom stereocenters. The van der Waals surface area contributed by atoms with E-state index in [-0.39, 0.29) is 5.91 Å². The fourth-order valence-electron chi connectivity index (χ4n) is 1.94. The van der Waals surface area contributed by atoms with Gasteiger partial charge < -0.3 is 10.1 Å². The van der Waals surface area contributed by atoms with Gasteiger partial charge in [0.15, 0.2) is 0 Å². The van der Waals surface area contributed by atoms with Crippen LogP contribution >= 0.6 is 11.3 Å². The van der Waals surface area contributed by atoms with Crippen molar-refractivity contribution in [3.8, 4) is 11.6 Å². The van der Waals surface area contributed by atoms with E-state index >= 15 is 0 Å². The molecule has 0 saturated carbocycles. The highest BCUT2D eigenvalue weighted by molar-refractivity contribution is 7.14. The molecule has 3 rings (SSSR count). The fraction of sp³-hybridized carbons (Fsp3) is 0.118. The third-order valence-electron chi connectivity index (χ3n) is 3.26. The topological polar surface area (TPSA) is 64.1 Å². The van der Waals surface area contributed by atoms with Crippen molar-refractivity contribution in [2.24, 2.45) is 0 Å². The molecule has 0 spiro atoms. The summed E-state index contributed by atoms with van der Waals surface area (Å²) in [5, 5.41) is 2.88. The van der Waals surface area contributed by atoms with E-state index in [2.05, 4.69) is 15.3 Å². The third-order valence-corrected chi connectivity index (χ3v) is 4.42. The number of ether oxygens (including phenoxy) is 1. The molecule has 1 amide bonds. The van der Waals surface area contributed by atoms with E-state index in [9.17, 15) is 4.79 Å². The number of anilines is 1. The van der Waals surface area contributed by atoms with Gasteiger partial charge in [0.05, 0.1) is 11.1 Å². The Kier molecular flexibility index (Phi) is 4.34. The number of amides is 1. The Balaban J connectivity index is 1.66. The molecule has 0 unspecified atom stereocenters. The van der Waals surface area contributed by atoms with E-state index in [0.717, 1.165) is 10.4 Å². The lowest BCUT2D eigenvalue weighted by Crippen LogP contribution is -2.09. The molecular formula is C17H15N3O2S. The van der Waals surface area contributed by atoms with Crippen LogP contribution < -0.4 is 10.1 Å². The summed E-state index contributed by atoms with van der Waals surface area (Å²) in [7, 11) is 0. The van der Waals surface area contributed by atoms with E-state index in [4.69, 9.17) is 4.74 Å². The predicted molar refractivity (Wildman–Crippen MR) is 90.3 cm³/mol. The summed E-state index contributed by atoms with van der Waals surface area (Å²) in [5.74, 6) is 0.953. The Bertz CT molecular complexity index is 794. The molecule has 1 aromatic carbocycles. The zero-order valence-corrected chi connectivity index (χ0v) is 13.6. The number of thiophene rings is 1. The fourth-order valence-corrected chi connectivity index (χ4v) is 2.87. The lowest BCUT2D eigenvalue weighted by atomic mass is 10.2. The maximum atomic E-state index is 12.2. The largest absolute Gasteiger partial charge is 0.438 e. The maximum absolute atomic E-state index is 12.2. The normalized spacial score (nSPS) is 10.3. The maximum Gasteiger partial charge on any atom is 0.265 e. The molecule has 0 aliphatic heterocycles. The van der Waals surface area contributed by atoms with Crippen LogP contribution in [0.4, 0.5) is 5.69 Å². The molecule has 0 bridgehead atoms. The minimum atomic E-state index is -0.103. The van der Waals surface area contributed by atoms with Crippen molar-refractivity contribution < 1.29 is 9.53 Å². The molecule has 0 aliphatic carbocycles. The average molecular weight is 325 g/mol. The number of benzene rings is 1. The van der Waals surface area contributed by atoms with Gasteiger partial charge in [-0.15, -0.1) is 11.3 Å². The molecule has 2 heterocycles. The summed E-state index contributed by atoms with van der Waals surface area (Å²) in [4.78, 5) is 22.0. The van der Waals surface area contributed by atoms with E-state index in [1.807, 2.05) is 19.9 Å². The summed E-state index contributed by atoms with van der Waals surface area (Å²) in [6.45, 7) is 4.01. The number of hydrogen-bond acceptors (Lipinski definition) is 5. The number of aryl methyl sites for hydroxylation is 2. The zero-order chi connectivity index (χ0) is 16.2. The first-order chi connectivity index (χ1) is 11.1. The quantitative estimate of drug-likeness (QED) is 0.781. The average Bonchev–Trinajstić information content (AvgIpc) is 2.90. The van der Waals surface area contributed by atoms with Crippen LogP contribution in [-0.2, 0) is 0 Å². The molecule has 5 nitrogen and oxygen atoms in total. The first-order valence-corrected chi connectivity index (χ1v) is 7.86. The second-order valence-corrected chi connectivity index (χ2v) is 6.23. The van der Waals surface area contributed by atoms with Crippen LogP contribution in [0.5, 0.6) is 11.6 Å². The lowest BCUT2D eigenvalue weighted by molar-refractivity contribution is 0.103. The number of carbonyl (C=O) groups excluding carboxylic acids is 1. The molecule has 23 heavy (non-hydrogen) atoms. The summed E-state index contributed by atoms with van der Waals surface area (Å²) in [6, 6.07) is 9.03. The van der Waals surface area contributed by atoms with E-state index in [1.165, 1.54) is 17.5 Å². The Morgan fingerprint density at radius 3 is 2.57 bits per heavy atom. The Labute approximate surface area is 138 Å². The Morgan fingerprint density at radius 2 is 1.96 bits per heavy atom. The summed E-state index contributed by atoms with van der Waals surface area (Å²) < 4.78 is 5.56. The van der Waals surface area contributed by atoms with Gasteiger partial charge in [-0.05, 0) is 49.7 Å². The molecule has 0 saturated heterocycles. The molecule has 0 fully saturated rings. The van der Waals surface area contributed by atoms with Gasteiger partial charge in [0.1, 0.15) is 5.75 Å². The lowest BCUT2D eigenvalue weighted by Gasteiger charge is -2.06. The number of nitrogens with zero attached hydrogens (tertiary/aromatic N) is 2. The molecule has 1 N–H and O–H groups in total. The summed E-state index contributed by atoms with van der Waals surface area (Å²) in [5.41, 5.74) is 1.85. The van der Waals surface area contributed by atoms with Gasteiger partial charge in [0, 0.05) is 23.0 Å². The van der Waals surface area contributed by atoms with Gasteiger partial charge in [-0.25, -0.2) is 4.98 Å². The second kappa shape index (κ2) is 6.58. The Hall–Kier alpha value is -2.73. The van der Waals surface area contributed by atoms with Gasteiger partial charge in [-0.2, -0.15) is 0 Å².